The quantitative estimate of drug-likeness (QED) is 0.473. The van der Waals surface area contributed by atoms with Gasteiger partial charge in [0.05, 0.1) is 10.2 Å². The van der Waals surface area contributed by atoms with Crippen LogP contribution in [0.15, 0.2) is 78.9 Å². The van der Waals surface area contributed by atoms with Crippen LogP contribution >= 0.6 is 11.3 Å². The van der Waals surface area contributed by atoms with E-state index in [0.717, 1.165) is 16.0 Å². The molecule has 1 unspecified atom stereocenters. The predicted octanol–water partition coefficient (Wildman–Crippen LogP) is 5.49. The Kier molecular flexibility index (Phi) is 5.21. The van der Waals surface area contributed by atoms with Gasteiger partial charge in [-0.1, -0.05) is 41.7 Å². The zero-order valence-electron chi connectivity index (χ0n) is 15.2. The predicted molar refractivity (Wildman–Crippen MR) is 111 cm³/mol. The molecule has 0 aliphatic carbocycles. The number of carbonyl (C=O) groups excluding carboxylic acids is 1. The van der Waals surface area contributed by atoms with E-state index in [1.54, 1.807) is 31.2 Å². The van der Waals surface area contributed by atoms with E-state index >= 15 is 0 Å². The minimum absolute atomic E-state index is 0.247. The van der Waals surface area contributed by atoms with E-state index in [0.29, 0.717) is 16.6 Å². The zero-order chi connectivity index (χ0) is 19.3. The molecule has 0 aliphatic heterocycles. The van der Waals surface area contributed by atoms with Crippen LogP contribution in [0.5, 0.6) is 17.2 Å². The van der Waals surface area contributed by atoms with Gasteiger partial charge in [-0.05, 0) is 55.5 Å². The number of carbonyl (C=O) groups is 1. The highest BCUT2D eigenvalue weighted by atomic mass is 32.1. The molecule has 0 fully saturated rings. The van der Waals surface area contributed by atoms with Gasteiger partial charge in [-0.15, -0.1) is 0 Å². The van der Waals surface area contributed by atoms with Crippen molar-refractivity contribution in [3.63, 3.8) is 0 Å². The van der Waals surface area contributed by atoms with E-state index in [1.165, 1.54) is 11.3 Å². The lowest BCUT2D eigenvalue weighted by atomic mass is 10.3. The molecule has 1 atom stereocenters. The van der Waals surface area contributed by atoms with E-state index in [-0.39, 0.29) is 5.91 Å². The summed E-state index contributed by atoms with van der Waals surface area (Å²) in [7, 11) is 0. The maximum Gasteiger partial charge on any atom is 0.266 e. The second-order valence-electron chi connectivity index (χ2n) is 6.12. The Balaban J connectivity index is 1.35. The average molecular weight is 390 g/mol. The third-order valence-electron chi connectivity index (χ3n) is 4.01. The fourth-order valence-corrected chi connectivity index (χ4v) is 3.47. The van der Waals surface area contributed by atoms with Gasteiger partial charge in [-0.25, -0.2) is 4.98 Å². The number of para-hydroxylation sites is 2. The first kappa shape index (κ1) is 18.0. The average Bonchev–Trinajstić information content (AvgIpc) is 3.12. The Morgan fingerprint density at radius 3 is 2.29 bits per heavy atom. The van der Waals surface area contributed by atoms with Crippen molar-refractivity contribution in [1.82, 2.24) is 4.98 Å². The number of nitrogens with zero attached hydrogens (tertiary/aromatic N) is 1. The number of hydrogen-bond acceptors (Lipinski definition) is 5. The Morgan fingerprint density at radius 2 is 1.54 bits per heavy atom. The van der Waals surface area contributed by atoms with Gasteiger partial charge in [0.1, 0.15) is 17.2 Å². The van der Waals surface area contributed by atoms with Crippen molar-refractivity contribution in [2.75, 3.05) is 5.32 Å². The number of benzene rings is 3. The number of hydrogen-bond donors (Lipinski definition) is 1. The molecular formula is C22H18N2O3S. The highest BCUT2D eigenvalue weighted by Crippen LogP contribution is 2.26. The summed E-state index contributed by atoms with van der Waals surface area (Å²) in [5, 5.41) is 3.38. The number of fused-ring (bicyclic) bond motifs is 1. The van der Waals surface area contributed by atoms with Crippen molar-refractivity contribution in [3.8, 4) is 17.2 Å². The monoisotopic (exact) mass is 390 g/mol. The summed E-state index contributed by atoms with van der Waals surface area (Å²) >= 11 is 1.44. The first-order valence-electron chi connectivity index (χ1n) is 8.83. The molecule has 4 aromatic rings. The van der Waals surface area contributed by atoms with Crippen molar-refractivity contribution < 1.29 is 14.3 Å². The van der Waals surface area contributed by atoms with Crippen molar-refractivity contribution in [3.05, 3.63) is 78.9 Å². The van der Waals surface area contributed by atoms with Gasteiger partial charge in [0.15, 0.2) is 11.2 Å². The SMILES string of the molecule is CC(Oc1ccc(Oc2ccccc2)cc1)C(=O)Nc1nc2ccccc2s1. The van der Waals surface area contributed by atoms with Crippen LogP contribution in [0.3, 0.4) is 0 Å². The van der Waals surface area contributed by atoms with E-state index in [4.69, 9.17) is 9.47 Å². The molecule has 0 spiro atoms. The number of ether oxygens (including phenoxy) is 2. The standard InChI is InChI=1S/C22H18N2O3S/c1-15(21(25)24-22-23-19-9-5-6-10-20(19)28-22)26-17-11-13-18(14-12-17)27-16-7-3-2-4-8-16/h2-15H,1H3,(H,23,24,25). The summed E-state index contributed by atoms with van der Waals surface area (Å²) < 4.78 is 12.5. The summed E-state index contributed by atoms with van der Waals surface area (Å²) in [5.74, 6) is 1.81. The van der Waals surface area contributed by atoms with E-state index < -0.39 is 6.10 Å². The lowest BCUT2D eigenvalue weighted by Gasteiger charge is -2.14. The second-order valence-corrected chi connectivity index (χ2v) is 7.15. The number of rotatable bonds is 6. The lowest BCUT2D eigenvalue weighted by molar-refractivity contribution is -0.122. The Labute approximate surface area is 166 Å². The van der Waals surface area contributed by atoms with Crippen LogP contribution in [0.2, 0.25) is 0 Å². The first-order valence-corrected chi connectivity index (χ1v) is 9.65. The molecule has 0 bridgehead atoms. The highest BCUT2D eigenvalue weighted by molar-refractivity contribution is 7.22. The van der Waals surface area contributed by atoms with Gasteiger partial charge < -0.3 is 9.47 Å². The molecule has 1 amide bonds. The van der Waals surface area contributed by atoms with Crippen LogP contribution < -0.4 is 14.8 Å². The van der Waals surface area contributed by atoms with E-state index in [1.807, 2.05) is 54.6 Å². The molecule has 1 aromatic heterocycles. The van der Waals surface area contributed by atoms with Gasteiger partial charge in [-0.2, -0.15) is 0 Å². The molecule has 0 radical (unpaired) electrons. The third kappa shape index (κ3) is 4.29. The van der Waals surface area contributed by atoms with Gasteiger partial charge in [0.2, 0.25) is 0 Å². The molecule has 4 rings (SSSR count). The van der Waals surface area contributed by atoms with Gasteiger partial charge in [0.25, 0.3) is 5.91 Å². The molecule has 0 aliphatic rings. The second kappa shape index (κ2) is 8.10. The summed E-state index contributed by atoms with van der Waals surface area (Å²) in [4.78, 5) is 16.8. The molecule has 5 nitrogen and oxygen atoms in total. The highest BCUT2D eigenvalue weighted by Gasteiger charge is 2.17. The molecule has 1 heterocycles. The van der Waals surface area contributed by atoms with Crippen molar-refractivity contribution >= 4 is 32.6 Å². The maximum atomic E-state index is 12.4. The van der Waals surface area contributed by atoms with Crippen molar-refractivity contribution in [1.29, 1.82) is 0 Å². The molecule has 6 heteroatoms. The lowest BCUT2D eigenvalue weighted by Crippen LogP contribution is -2.30. The van der Waals surface area contributed by atoms with Crippen LogP contribution in [0, 0.1) is 0 Å². The minimum atomic E-state index is -0.659. The van der Waals surface area contributed by atoms with Crippen LogP contribution in [-0.4, -0.2) is 17.0 Å². The maximum absolute atomic E-state index is 12.4. The molecule has 140 valence electrons. The van der Waals surface area contributed by atoms with Crippen molar-refractivity contribution in [2.45, 2.75) is 13.0 Å². The van der Waals surface area contributed by atoms with Crippen LogP contribution in [0.4, 0.5) is 5.13 Å². The Hall–Kier alpha value is -3.38. The molecule has 1 N–H and O–H groups in total. The molecule has 3 aromatic carbocycles. The van der Waals surface area contributed by atoms with Gasteiger partial charge in [0, 0.05) is 0 Å². The van der Waals surface area contributed by atoms with Gasteiger partial charge in [-0.3, -0.25) is 10.1 Å². The molecule has 28 heavy (non-hydrogen) atoms. The summed E-state index contributed by atoms with van der Waals surface area (Å²) in [6, 6.07) is 24.5. The normalized spacial score (nSPS) is 11.8. The smallest absolute Gasteiger partial charge is 0.266 e. The summed E-state index contributed by atoms with van der Waals surface area (Å²) in [6.07, 6.45) is -0.659. The van der Waals surface area contributed by atoms with Crippen molar-refractivity contribution in [2.24, 2.45) is 0 Å². The largest absolute Gasteiger partial charge is 0.481 e. The van der Waals surface area contributed by atoms with E-state index in [9.17, 15) is 4.79 Å². The van der Waals surface area contributed by atoms with Crippen LogP contribution in [0.25, 0.3) is 10.2 Å². The number of aromatic nitrogens is 1. The Bertz CT molecular complexity index is 1040. The summed E-state index contributed by atoms with van der Waals surface area (Å²) in [5.41, 5.74) is 0.866. The number of amides is 1. The minimum Gasteiger partial charge on any atom is -0.481 e. The van der Waals surface area contributed by atoms with Gasteiger partial charge >= 0.3 is 0 Å². The van der Waals surface area contributed by atoms with Crippen LogP contribution in [-0.2, 0) is 4.79 Å². The van der Waals surface area contributed by atoms with Crippen LogP contribution in [0.1, 0.15) is 6.92 Å². The summed E-state index contributed by atoms with van der Waals surface area (Å²) in [6.45, 7) is 1.71. The third-order valence-corrected chi connectivity index (χ3v) is 4.96. The Morgan fingerprint density at radius 1 is 0.893 bits per heavy atom. The molecular weight excluding hydrogens is 372 g/mol. The topological polar surface area (TPSA) is 60.5 Å². The fraction of sp³-hybridized carbons (Fsp3) is 0.0909. The molecule has 0 saturated carbocycles. The number of anilines is 1. The van der Waals surface area contributed by atoms with E-state index in [2.05, 4.69) is 10.3 Å². The zero-order valence-corrected chi connectivity index (χ0v) is 16.0. The number of thiazole rings is 1. The molecule has 0 saturated heterocycles. The number of nitrogens with one attached hydrogen (secondary N) is 1. The fourth-order valence-electron chi connectivity index (χ4n) is 2.60. The first-order chi connectivity index (χ1) is 13.7.